The fourth-order valence-electron chi connectivity index (χ4n) is 1.29. The molecule has 1 rings (SSSR count). The Morgan fingerprint density at radius 1 is 1.50 bits per heavy atom. The summed E-state index contributed by atoms with van der Waals surface area (Å²) < 4.78 is 0. The van der Waals surface area contributed by atoms with Gasteiger partial charge < -0.3 is 11.1 Å². The highest BCUT2D eigenvalue weighted by Crippen LogP contribution is 2.08. The lowest BCUT2D eigenvalue weighted by molar-refractivity contribution is -0.120. The molecule has 1 aromatic carbocycles. The van der Waals surface area contributed by atoms with E-state index in [4.69, 9.17) is 17.3 Å². The standard InChI is InChI=1S/C12H15ClN2O/c1-9(13)8-15-12(16)6-5-10-3-2-4-11(14)7-10/h2-4,7H,1,5-6,8,14H2,(H,15,16). The van der Waals surface area contributed by atoms with Crippen molar-refractivity contribution in [2.45, 2.75) is 12.8 Å². The van der Waals surface area contributed by atoms with Gasteiger partial charge in [0.05, 0.1) is 6.54 Å². The van der Waals surface area contributed by atoms with Crippen molar-refractivity contribution in [2.75, 3.05) is 12.3 Å². The summed E-state index contributed by atoms with van der Waals surface area (Å²) in [5, 5.41) is 3.09. The zero-order valence-corrected chi connectivity index (χ0v) is 9.76. The third kappa shape index (κ3) is 4.84. The first-order chi connectivity index (χ1) is 7.58. The molecule has 86 valence electrons. The molecule has 0 radical (unpaired) electrons. The molecule has 0 fully saturated rings. The Bertz CT molecular complexity index is 390. The number of aryl methyl sites for hydroxylation is 1. The molecule has 0 saturated carbocycles. The van der Waals surface area contributed by atoms with Gasteiger partial charge in [-0.05, 0) is 24.1 Å². The van der Waals surface area contributed by atoms with Crippen LogP contribution in [-0.4, -0.2) is 12.5 Å². The summed E-state index contributed by atoms with van der Waals surface area (Å²) in [6.07, 6.45) is 1.10. The van der Waals surface area contributed by atoms with Gasteiger partial charge in [0.2, 0.25) is 5.91 Å². The smallest absolute Gasteiger partial charge is 0.220 e. The van der Waals surface area contributed by atoms with E-state index in [0.29, 0.717) is 30.1 Å². The number of benzene rings is 1. The van der Waals surface area contributed by atoms with E-state index in [2.05, 4.69) is 11.9 Å². The molecule has 0 bridgehead atoms. The molecule has 0 aromatic heterocycles. The Morgan fingerprint density at radius 2 is 2.25 bits per heavy atom. The molecule has 0 saturated heterocycles. The van der Waals surface area contributed by atoms with Gasteiger partial charge in [0, 0.05) is 17.1 Å². The lowest BCUT2D eigenvalue weighted by Crippen LogP contribution is -2.24. The average molecular weight is 239 g/mol. The first kappa shape index (κ1) is 12.6. The molecular weight excluding hydrogens is 224 g/mol. The third-order valence-corrected chi connectivity index (χ3v) is 2.20. The van der Waals surface area contributed by atoms with Gasteiger partial charge in [-0.1, -0.05) is 30.3 Å². The van der Waals surface area contributed by atoms with Crippen molar-refractivity contribution in [3.63, 3.8) is 0 Å². The predicted octanol–water partition coefficient (Wildman–Crippen LogP) is 2.07. The molecule has 1 aromatic rings. The number of amides is 1. The van der Waals surface area contributed by atoms with E-state index in [1.165, 1.54) is 0 Å². The van der Waals surface area contributed by atoms with Gasteiger partial charge in [-0.3, -0.25) is 4.79 Å². The van der Waals surface area contributed by atoms with E-state index in [9.17, 15) is 4.79 Å². The van der Waals surface area contributed by atoms with Crippen LogP contribution in [0.25, 0.3) is 0 Å². The number of hydrogen-bond acceptors (Lipinski definition) is 2. The lowest BCUT2D eigenvalue weighted by atomic mass is 10.1. The Balaban J connectivity index is 2.34. The summed E-state index contributed by atoms with van der Waals surface area (Å²) in [5.74, 6) is -0.0378. The summed E-state index contributed by atoms with van der Waals surface area (Å²) in [5.41, 5.74) is 7.40. The molecule has 0 spiro atoms. The molecule has 0 atom stereocenters. The van der Waals surface area contributed by atoms with Gasteiger partial charge in [0.25, 0.3) is 0 Å². The number of nitrogens with two attached hydrogens (primary N) is 1. The zero-order chi connectivity index (χ0) is 12.0. The van der Waals surface area contributed by atoms with Crippen LogP contribution in [0, 0.1) is 0 Å². The Labute approximate surface area is 100 Å². The monoisotopic (exact) mass is 238 g/mol. The summed E-state index contributed by atoms with van der Waals surface area (Å²) in [7, 11) is 0. The topological polar surface area (TPSA) is 55.1 Å². The molecule has 3 nitrogen and oxygen atoms in total. The minimum atomic E-state index is -0.0378. The normalized spacial score (nSPS) is 9.81. The molecule has 0 aliphatic heterocycles. The molecule has 0 aliphatic rings. The van der Waals surface area contributed by atoms with E-state index in [1.807, 2.05) is 24.3 Å². The van der Waals surface area contributed by atoms with Gasteiger partial charge in [-0.25, -0.2) is 0 Å². The van der Waals surface area contributed by atoms with Gasteiger partial charge in [-0.2, -0.15) is 0 Å². The molecular formula is C12H15ClN2O. The van der Waals surface area contributed by atoms with Crippen LogP contribution in [0.1, 0.15) is 12.0 Å². The largest absolute Gasteiger partial charge is 0.399 e. The second-order valence-corrected chi connectivity index (χ2v) is 4.07. The van der Waals surface area contributed by atoms with Gasteiger partial charge >= 0.3 is 0 Å². The van der Waals surface area contributed by atoms with Crippen molar-refractivity contribution in [1.29, 1.82) is 0 Å². The van der Waals surface area contributed by atoms with Crippen molar-refractivity contribution in [2.24, 2.45) is 0 Å². The maximum atomic E-state index is 11.4. The van der Waals surface area contributed by atoms with Crippen molar-refractivity contribution in [3.8, 4) is 0 Å². The zero-order valence-electron chi connectivity index (χ0n) is 9.00. The van der Waals surface area contributed by atoms with Crippen LogP contribution in [0.2, 0.25) is 0 Å². The van der Waals surface area contributed by atoms with Crippen LogP contribution in [0.15, 0.2) is 35.9 Å². The number of rotatable bonds is 5. The van der Waals surface area contributed by atoms with E-state index in [-0.39, 0.29) is 5.91 Å². The average Bonchev–Trinajstić information content (AvgIpc) is 2.23. The molecule has 0 unspecified atom stereocenters. The fourth-order valence-corrected chi connectivity index (χ4v) is 1.36. The maximum Gasteiger partial charge on any atom is 0.220 e. The number of halogens is 1. The predicted molar refractivity (Wildman–Crippen MR) is 67.2 cm³/mol. The SMILES string of the molecule is C=C(Cl)CNC(=O)CCc1cccc(N)c1. The summed E-state index contributed by atoms with van der Waals surface area (Å²) in [6, 6.07) is 7.52. The number of nitrogens with one attached hydrogen (secondary N) is 1. The van der Waals surface area contributed by atoms with Crippen LogP contribution in [0.4, 0.5) is 5.69 Å². The van der Waals surface area contributed by atoms with Crippen molar-refractivity contribution >= 4 is 23.2 Å². The first-order valence-corrected chi connectivity index (χ1v) is 5.40. The first-order valence-electron chi connectivity index (χ1n) is 5.02. The molecule has 4 heteroatoms. The highest BCUT2D eigenvalue weighted by molar-refractivity contribution is 6.29. The van der Waals surface area contributed by atoms with Gasteiger partial charge in [-0.15, -0.1) is 0 Å². The maximum absolute atomic E-state index is 11.4. The summed E-state index contributed by atoms with van der Waals surface area (Å²) >= 11 is 5.53. The quantitative estimate of drug-likeness (QED) is 0.772. The molecule has 0 aliphatic carbocycles. The van der Waals surface area contributed by atoms with E-state index >= 15 is 0 Å². The van der Waals surface area contributed by atoms with Crippen LogP contribution in [0.3, 0.4) is 0 Å². The Kier molecular flexibility index (Phi) is 4.86. The minimum Gasteiger partial charge on any atom is -0.399 e. The molecule has 1 amide bonds. The highest BCUT2D eigenvalue weighted by atomic mass is 35.5. The Morgan fingerprint density at radius 3 is 2.88 bits per heavy atom. The Hall–Kier alpha value is -1.48. The number of nitrogen functional groups attached to an aromatic ring is 1. The number of carbonyl (C=O) groups excluding carboxylic acids is 1. The van der Waals surface area contributed by atoms with Crippen LogP contribution in [-0.2, 0) is 11.2 Å². The van der Waals surface area contributed by atoms with Crippen LogP contribution >= 0.6 is 11.6 Å². The second-order valence-electron chi connectivity index (χ2n) is 3.54. The van der Waals surface area contributed by atoms with Gasteiger partial charge in [0.15, 0.2) is 0 Å². The minimum absolute atomic E-state index is 0.0378. The van der Waals surface area contributed by atoms with Crippen molar-refractivity contribution in [1.82, 2.24) is 5.32 Å². The van der Waals surface area contributed by atoms with E-state index in [0.717, 1.165) is 5.56 Å². The summed E-state index contributed by atoms with van der Waals surface area (Å²) in [6.45, 7) is 3.81. The lowest BCUT2D eigenvalue weighted by Gasteiger charge is -2.04. The summed E-state index contributed by atoms with van der Waals surface area (Å²) in [4.78, 5) is 11.4. The molecule has 0 heterocycles. The number of carbonyl (C=O) groups is 1. The van der Waals surface area contributed by atoms with Crippen molar-refractivity contribution < 1.29 is 4.79 Å². The second kappa shape index (κ2) is 6.18. The van der Waals surface area contributed by atoms with Crippen LogP contribution < -0.4 is 11.1 Å². The number of anilines is 1. The third-order valence-electron chi connectivity index (χ3n) is 2.07. The van der Waals surface area contributed by atoms with E-state index in [1.54, 1.807) is 0 Å². The highest BCUT2D eigenvalue weighted by Gasteiger charge is 2.02. The fraction of sp³-hybridized carbons (Fsp3) is 0.250. The number of hydrogen-bond donors (Lipinski definition) is 2. The van der Waals surface area contributed by atoms with Gasteiger partial charge in [0.1, 0.15) is 0 Å². The van der Waals surface area contributed by atoms with Crippen molar-refractivity contribution in [3.05, 3.63) is 41.4 Å². The van der Waals surface area contributed by atoms with E-state index < -0.39 is 0 Å². The van der Waals surface area contributed by atoms with Crippen LogP contribution in [0.5, 0.6) is 0 Å². The molecule has 16 heavy (non-hydrogen) atoms. The molecule has 3 N–H and O–H groups in total.